The van der Waals surface area contributed by atoms with Crippen LogP contribution in [0.5, 0.6) is 0 Å². The normalized spacial score (nSPS) is 17.9. The Morgan fingerprint density at radius 2 is 1.79 bits per heavy atom. The van der Waals surface area contributed by atoms with Gasteiger partial charge in [0.15, 0.2) is 5.69 Å². The number of nitrogens with one attached hydrogen (secondary N) is 5. The Morgan fingerprint density at radius 1 is 1.06 bits per heavy atom. The number of para-hydroxylation sites is 1. The summed E-state index contributed by atoms with van der Waals surface area (Å²) in [6.07, 6.45) is -4.69. The molecule has 0 radical (unpaired) electrons. The van der Waals surface area contributed by atoms with Crippen molar-refractivity contribution in [2.45, 2.75) is 78.2 Å². The minimum atomic E-state index is -4.64. The molecule has 0 aliphatic heterocycles. The molecule has 53 heavy (non-hydrogen) atoms. The molecule has 4 amide bonds. The molecule has 1 aliphatic carbocycles. The van der Waals surface area contributed by atoms with Gasteiger partial charge in [-0.2, -0.15) is 13.2 Å². The molecule has 11 nitrogen and oxygen atoms in total. The number of thiazole rings is 1. The van der Waals surface area contributed by atoms with E-state index in [4.69, 9.17) is 4.74 Å². The average molecular weight is 983 g/mol. The number of halogens is 6. The zero-order valence-corrected chi connectivity index (χ0v) is 33.8. The molecule has 5 N–H and O–H groups in total. The van der Waals surface area contributed by atoms with Crippen LogP contribution in [0.3, 0.4) is 0 Å². The number of hydrogen-bond donors (Lipinski definition) is 5. The van der Waals surface area contributed by atoms with Crippen LogP contribution in [0.4, 0.5) is 22.4 Å². The second-order valence-electron chi connectivity index (χ2n) is 12.5. The number of alkyl halides is 5. The fourth-order valence-electron chi connectivity index (χ4n) is 6.16. The van der Waals surface area contributed by atoms with Gasteiger partial charge in [-0.05, 0) is 37.5 Å². The summed E-state index contributed by atoms with van der Waals surface area (Å²) in [5.74, 6) is -2.46. The van der Waals surface area contributed by atoms with Gasteiger partial charge in [0.25, 0.3) is 0 Å². The highest BCUT2D eigenvalue weighted by Crippen LogP contribution is 2.40. The van der Waals surface area contributed by atoms with E-state index in [1.165, 1.54) is 35.7 Å². The van der Waals surface area contributed by atoms with Gasteiger partial charge in [0.2, 0.25) is 11.8 Å². The number of ether oxygens (including phenoxy) is 1. The summed E-state index contributed by atoms with van der Waals surface area (Å²) < 4.78 is 60.5. The first kappa shape index (κ1) is 40.7. The number of nitrogens with zero attached hydrogens (tertiary/aromatic N) is 1. The van der Waals surface area contributed by atoms with Gasteiger partial charge < -0.3 is 31.0 Å². The van der Waals surface area contributed by atoms with Crippen LogP contribution in [0.2, 0.25) is 0 Å². The highest BCUT2D eigenvalue weighted by atomic mass is 127. The van der Waals surface area contributed by atoms with Crippen LogP contribution in [0.25, 0.3) is 10.9 Å². The van der Waals surface area contributed by atoms with Crippen molar-refractivity contribution >= 4 is 91.2 Å². The van der Waals surface area contributed by atoms with Crippen molar-refractivity contribution in [2.24, 2.45) is 0 Å². The number of carbonyl (C=O) groups is 4. The third-order valence-corrected chi connectivity index (χ3v) is 11.2. The number of aromatic amines is 1. The van der Waals surface area contributed by atoms with E-state index in [0.717, 1.165) is 17.4 Å². The van der Waals surface area contributed by atoms with Crippen molar-refractivity contribution in [3.05, 3.63) is 86.7 Å². The summed E-state index contributed by atoms with van der Waals surface area (Å²) in [6, 6.07) is 7.06. The summed E-state index contributed by atoms with van der Waals surface area (Å²) in [4.78, 5) is 61.4. The van der Waals surface area contributed by atoms with Crippen molar-refractivity contribution in [2.75, 3.05) is 6.61 Å². The van der Waals surface area contributed by atoms with Crippen LogP contribution in [0, 0.1) is 5.82 Å². The number of hydrogen-bond acceptors (Lipinski definition) is 7. The predicted molar refractivity (Wildman–Crippen MR) is 208 cm³/mol. The number of esters is 1. The van der Waals surface area contributed by atoms with Crippen LogP contribution < -0.4 is 21.3 Å². The van der Waals surface area contributed by atoms with Crippen LogP contribution in [0.1, 0.15) is 71.1 Å². The number of urea groups is 1. The number of carbonyl (C=O) groups excluding carboxylic acids is 4. The Kier molecular flexibility index (Phi) is 12.9. The van der Waals surface area contributed by atoms with Crippen LogP contribution >= 0.6 is 56.5 Å². The van der Waals surface area contributed by atoms with Gasteiger partial charge in [0, 0.05) is 42.8 Å². The molecule has 5 rings (SSSR count). The molecule has 5 atom stereocenters. The third kappa shape index (κ3) is 9.23. The summed E-state index contributed by atoms with van der Waals surface area (Å²) in [5, 5.41) is 13.3. The lowest BCUT2D eigenvalue weighted by molar-refractivity contribution is -0.136. The summed E-state index contributed by atoms with van der Waals surface area (Å²) in [6.45, 7) is 5.18. The molecule has 2 heterocycles. The summed E-state index contributed by atoms with van der Waals surface area (Å²) in [5.41, 5.74) is -1.39. The molecule has 4 aromatic rings. The zero-order valence-electron chi connectivity index (χ0n) is 28.6. The fraction of sp³-hybridized carbons (Fsp3) is 0.400. The van der Waals surface area contributed by atoms with E-state index in [1.54, 1.807) is 19.9 Å². The van der Waals surface area contributed by atoms with E-state index in [2.05, 4.69) is 53.8 Å². The van der Waals surface area contributed by atoms with E-state index in [1.807, 2.05) is 29.5 Å². The van der Waals surface area contributed by atoms with Crippen molar-refractivity contribution < 1.29 is 41.5 Å². The maximum Gasteiger partial charge on any atom is 0.418 e. The zero-order chi connectivity index (χ0) is 38.7. The monoisotopic (exact) mass is 982 g/mol. The minimum absolute atomic E-state index is 0.00185. The largest absolute Gasteiger partial charge is 0.461 e. The molecule has 0 fully saturated rings. The Morgan fingerprint density at radius 3 is 2.45 bits per heavy atom. The Bertz CT molecular complexity index is 2000. The SMILES string of the molecule is CCOC(=O)c1csc([C@@H](NC(=O)[C@@]2(NC(=O)[C@@H](NC(=O)NCc3ccccc3F)[C@@H](C)I)CCc3[nH]c4c(C(F)(F)F)cccc4c3C2)[C@@H](C)I)n1. The molecule has 0 bridgehead atoms. The molecule has 18 heteroatoms. The van der Waals surface area contributed by atoms with Crippen molar-refractivity contribution in [1.29, 1.82) is 0 Å². The van der Waals surface area contributed by atoms with Crippen molar-refractivity contribution in [3.8, 4) is 0 Å². The molecule has 0 saturated carbocycles. The average Bonchev–Trinajstić information content (AvgIpc) is 3.73. The van der Waals surface area contributed by atoms with E-state index < -0.39 is 62.9 Å². The topological polar surface area (TPSA) is 154 Å². The molecule has 0 spiro atoms. The van der Waals surface area contributed by atoms with Crippen LogP contribution in [0.15, 0.2) is 47.8 Å². The fourth-order valence-corrected chi connectivity index (χ4v) is 8.37. The first-order chi connectivity index (χ1) is 25.0. The van der Waals surface area contributed by atoms with E-state index >= 15 is 0 Å². The van der Waals surface area contributed by atoms with Gasteiger partial charge in [0.05, 0.1) is 23.7 Å². The van der Waals surface area contributed by atoms with Gasteiger partial charge in [-0.1, -0.05) is 89.4 Å². The third-order valence-electron chi connectivity index (χ3n) is 8.86. The Labute approximate surface area is 333 Å². The summed E-state index contributed by atoms with van der Waals surface area (Å²) in [7, 11) is 0. The second-order valence-corrected chi connectivity index (χ2v) is 17.4. The molecule has 0 unspecified atom stereocenters. The lowest BCUT2D eigenvalue weighted by atomic mass is 9.78. The number of rotatable bonds is 12. The number of benzene rings is 2. The maximum atomic E-state index is 14.6. The van der Waals surface area contributed by atoms with Gasteiger partial charge in [-0.15, -0.1) is 11.3 Å². The molecular formula is C35H36F4I2N6O5S. The summed E-state index contributed by atoms with van der Waals surface area (Å²) >= 11 is 5.22. The van der Waals surface area contributed by atoms with E-state index in [-0.39, 0.29) is 58.5 Å². The maximum absolute atomic E-state index is 14.6. The van der Waals surface area contributed by atoms with E-state index in [9.17, 15) is 36.7 Å². The predicted octanol–water partition coefficient (Wildman–Crippen LogP) is 6.68. The molecule has 1 aliphatic rings. The number of aromatic nitrogens is 2. The van der Waals surface area contributed by atoms with Gasteiger partial charge in [-0.3, -0.25) is 9.59 Å². The number of amides is 4. The van der Waals surface area contributed by atoms with Gasteiger partial charge >= 0.3 is 18.2 Å². The number of aryl methyl sites for hydroxylation is 1. The Hall–Kier alpha value is -3.53. The first-order valence-electron chi connectivity index (χ1n) is 16.6. The van der Waals surface area contributed by atoms with Crippen molar-refractivity contribution in [1.82, 2.24) is 31.2 Å². The highest BCUT2D eigenvalue weighted by molar-refractivity contribution is 14.1. The molecule has 0 saturated heterocycles. The molecule has 2 aromatic heterocycles. The minimum Gasteiger partial charge on any atom is -0.461 e. The second kappa shape index (κ2) is 16.9. The van der Waals surface area contributed by atoms with Gasteiger partial charge in [-0.25, -0.2) is 19.0 Å². The highest BCUT2D eigenvalue weighted by Gasteiger charge is 2.47. The van der Waals surface area contributed by atoms with Gasteiger partial charge in [0.1, 0.15) is 22.4 Å². The lowest BCUT2D eigenvalue weighted by Gasteiger charge is -2.39. The van der Waals surface area contributed by atoms with E-state index in [0.29, 0.717) is 16.3 Å². The molecule has 284 valence electrons. The first-order valence-corrected chi connectivity index (χ1v) is 19.9. The smallest absolute Gasteiger partial charge is 0.418 e. The van der Waals surface area contributed by atoms with Crippen LogP contribution in [-0.4, -0.2) is 59.8 Å². The van der Waals surface area contributed by atoms with Crippen molar-refractivity contribution in [3.63, 3.8) is 0 Å². The number of fused-ring (bicyclic) bond motifs is 3. The molecule has 2 aromatic carbocycles. The quantitative estimate of drug-likeness (QED) is 0.0463. The number of H-pyrrole nitrogens is 1. The Balaban J connectivity index is 1.47. The lowest BCUT2D eigenvalue weighted by Crippen LogP contribution is -2.66. The van der Waals surface area contributed by atoms with Crippen LogP contribution in [-0.2, 0) is 39.9 Å². The molecular weight excluding hydrogens is 946 g/mol. The standard InChI is InChI=1S/C35H36F4I2N6O5S/c1-4-52-31(49)25-16-53-30(44-25)27(18(3)41)45-32(50)34(13-12-24-21(14-34)20-9-7-10-22(28(20)43-24)35(37,38)39)47-29(48)26(17(2)40)46-33(51)42-15-19-8-5-6-11-23(19)36/h5-11,16-18,26-27,43H,4,12-15H2,1-3H3,(H,45,50)(H,47,48)(H2,42,46,51)/t17-,18-,26+,27+,34-/m1/s1.